The Morgan fingerprint density at radius 3 is 2.30 bits per heavy atom. The molecule has 0 radical (unpaired) electrons. The van der Waals surface area contributed by atoms with Gasteiger partial charge in [-0.3, -0.25) is 4.57 Å². The van der Waals surface area contributed by atoms with Crippen LogP contribution in [0.1, 0.15) is 5.56 Å². The summed E-state index contributed by atoms with van der Waals surface area (Å²) in [4.78, 5) is 11.5. The lowest BCUT2D eigenvalue weighted by Crippen LogP contribution is -2.21. The Balaban J connectivity index is 1.62. The summed E-state index contributed by atoms with van der Waals surface area (Å²) in [5, 5.41) is 9.15. The third-order valence-corrected chi connectivity index (χ3v) is 3.30. The van der Waals surface area contributed by atoms with Gasteiger partial charge in [-0.15, -0.1) is 4.73 Å². The van der Waals surface area contributed by atoms with Crippen LogP contribution in [0.4, 0.5) is 0 Å². The van der Waals surface area contributed by atoms with Crippen molar-refractivity contribution in [2.45, 2.75) is 6.54 Å². The maximum absolute atomic E-state index is 11.5. The first-order valence-electron chi connectivity index (χ1n) is 7.19. The minimum atomic E-state index is -0.457. The molecule has 116 valence electrons. The molecule has 0 amide bonds. The number of allylic oxidation sites excluding steroid dienone is 1. The van der Waals surface area contributed by atoms with Crippen molar-refractivity contribution >= 4 is 6.08 Å². The molecule has 0 aliphatic rings. The smallest absolute Gasteiger partial charge is 0.361 e. The molecular weight excluding hydrogens is 292 g/mol. The van der Waals surface area contributed by atoms with Gasteiger partial charge in [-0.25, -0.2) is 4.79 Å². The largest absolute Gasteiger partial charge is 0.457 e. The van der Waals surface area contributed by atoms with E-state index in [0.717, 1.165) is 17.1 Å². The highest BCUT2D eigenvalue weighted by Gasteiger charge is 1.99. The van der Waals surface area contributed by atoms with Gasteiger partial charge < -0.3 is 9.94 Å². The highest BCUT2D eigenvalue weighted by molar-refractivity contribution is 5.50. The molecule has 1 N–H and O–H groups in total. The molecule has 23 heavy (non-hydrogen) atoms. The number of para-hydroxylation sites is 1. The first kappa shape index (κ1) is 14.7. The van der Waals surface area contributed by atoms with Gasteiger partial charge in [0, 0.05) is 12.7 Å². The van der Waals surface area contributed by atoms with E-state index in [1.54, 1.807) is 0 Å². The maximum atomic E-state index is 11.5. The zero-order chi connectivity index (χ0) is 16.1. The summed E-state index contributed by atoms with van der Waals surface area (Å²) >= 11 is 0. The second-order valence-electron chi connectivity index (χ2n) is 4.96. The average molecular weight is 308 g/mol. The Bertz CT molecular complexity index is 846. The van der Waals surface area contributed by atoms with Gasteiger partial charge in [0.1, 0.15) is 11.5 Å². The van der Waals surface area contributed by atoms with Crippen molar-refractivity contribution in [3.05, 3.63) is 89.1 Å². The van der Waals surface area contributed by atoms with Crippen molar-refractivity contribution in [3.8, 4) is 11.5 Å². The van der Waals surface area contributed by atoms with Crippen LogP contribution in [0.15, 0.2) is 77.9 Å². The van der Waals surface area contributed by atoms with E-state index in [2.05, 4.69) is 0 Å². The normalized spacial score (nSPS) is 11.0. The fourth-order valence-electron chi connectivity index (χ4n) is 2.12. The second-order valence-corrected chi connectivity index (χ2v) is 4.96. The van der Waals surface area contributed by atoms with Gasteiger partial charge >= 0.3 is 5.69 Å². The summed E-state index contributed by atoms with van der Waals surface area (Å²) in [6.07, 6.45) is 6.61. The van der Waals surface area contributed by atoms with E-state index < -0.39 is 5.69 Å². The maximum Gasteiger partial charge on any atom is 0.361 e. The zero-order valence-electron chi connectivity index (χ0n) is 12.4. The summed E-state index contributed by atoms with van der Waals surface area (Å²) in [5.74, 6) is 1.56. The molecule has 1 aromatic heterocycles. The quantitative estimate of drug-likeness (QED) is 0.735. The van der Waals surface area contributed by atoms with Crippen LogP contribution >= 0.6 is 0 Å². The van der Waals surface area contributed by atoms with Crippen molar-refractivity contribution in [1.29, 1.82) is 0 Å². The summed E-state index contributed by atoms with van der Waals surface area (Å²) in [6.45, 7) is 0.397. The van der Waals surface area contributed by atoms with E-state index in [1.807, 2.05) is 66.7 Å². The molecule has 5 nitrogen and oxygen atoms in total. The van der Waals surface area contributed by atoms with Gasteiger partial charge in [0.05, 0.1) is 6.20 Å². The third-order valence-electron chi connectivity index (χ3n) is 3.30. The van der Waals surface area contributed by atoms with Gasteiger partial charge in [0.2, 0.25) is 0 Å². The number of rotatable bonds is 5. The monoisotopic (exact) mass is 308 g/mol. The predicted molar refractivity (Wildman–Crippen MR) is 87.9 cm³/mol. The minimum Gasteiger partial charge on any atom is -0.457 e. The molecule has 5 heteroatoms. The number of benzene rings is 2. The van der Waals surface area contributed by atoms with Crippen molar-refractivity contribution in [2.24, 2.45) is 0 Å². The van der Waals surface area contributed by atoms with Crippen LogP contribution in [0.2, 0.25) is 0 Å². The van der Waals surface area contributed by atoms with Crippen LogP contribution in [0, 0.1) is 0 Å². The Labute approximate surface area is 133 Å². The molecule has 0 saturated carbocycles. The van der Waals surface area contributed by atoms with Crippen LogP contribution in [0.5, 0.6) is 11.5 Å². The molecule has 0 aliphatic heterocycles. The molecule has 2 aromatic carbocycles. The standard InChI is InChI=1S/C18H16N2O3/c21-18-19(13-14-20(18)22)12-4-5-15-8-10-17(11-9-15)23-16-6-2-1-3-7-16/h1-11,13-14,22H,12H2/b5-4+. The molecule has 3 aromatic rings. The number of hydrogen-bond acceptors (Lipinski definition) is 3. The molecule has 0 atom stereocenters. The molecule has 3 rings (SSSR count). The topological polar surface area (TPSA) is 56.4 Å². The van der Waals surface area contributed by atoms with E-state index in [1.165, 1.54) is 17.0 Å². The lowest BCUT2D eigenvalue weighted by atomic mass is 10.2. The Kier molecular flexibility index (Phi) is 4.29. The highest BCUT2D eigenvalue weighted by atomic mass is 16.5. The first-order valence-corrected chi connectivity index (χ1v) is 7.19. The van der Waals surface area contributed by atoms with Crippen LogP contribution in [0.3, 0.4) is 0 Å². The summed E-state index contributed by atoms with van der Waals surface area (Å²) < 4.78 is 7.69. The predicted octanol–water partition coefficient (Wildman–Crippen LogP) is 3.39. The van der Waals surface area contributed by atoms with Gasteiger partial charge in [-0.2, -0.15) is 0 Å². The van der Waals surface area contributed by atoms with Crippen molar-refractivity contribution in [3.63, 3.8) is 0 Å². The third kappa shape index (κ3) is 3.71. The number of hydrogen-bond donors (Lipinski definition) is 1. The van der Waals surface area contributed by atoms with E-state index >= 15 is 0 Å². The fraction of sp³-hybridized carbons (Fsp3) is 0.0556. The van der Waals surface area contributed by atoms with E-state index in [0.29, 0.717) is 11.3 Å². The Morgan fingerprint density at radius 1 is 0.957 bits per heavy atom. The molecule has 0 bridgehead atoms. The van der Waals surface area contributed by atoms with Crippen LogP contribution < -0.4 is 10.4 Å². The molecule has 0 fully saturated rings. The zero-order valence-corrected chi connectivity index (χ0v) is 12.4. The van der Waals surface area contributed by atoms with Crippen molar-refractivity contribution in [1.82, 2.24) is 9.30 Å². The SMILES string of the molecule is O=c1n(O)ccn1C/C=C/c1ccc(Oc2ccccc2)cc1. The summed E-state index contributed by atoms with van der Waals surface area (Å²) in [6, 6.07) is 17.3. The first-order chi connectivity index (χ1) is 11.2. The van der Waals surface area contributed by atoms with E-state index in [9.17, 15) is 4.79 Å². The van der Waals surface area contributed by atoms with E-state index in [4.69, 9.17) is 9.94 Å². The number of ether oxygens (including phenoxy) is 1. The molecule has 0 saturated heterocycles. The fourth-order valence-corrected chi connectivity index (χ4v) is 2.12. The van der Waals surface area contributed by atoms with Crippen LogP contribution in [0.25, 0.3) is 6.08 Å². The summed E-state index contributed by atoms with van der Waals surface area (Å²) in [7, 11) is 0. The van der Waals surface area contributed by atoms with Crippen molar-refractivity contribution < 1.29 is 9.94 Å². The number of aromatic nitrogens is 2. The molecule has 0 spiro atoms. The minimum absolute atomic E-state index is 0.397. The van der Waals surface area contributed by atoms with Gasteiger partial charge in [0.15, 0.2) is 0 Å². The molecule has 0 unspecified atom stereocenters. The molecule has 0 aliphatic carbocycles. The van der Waals surface area contributed by atoms with Crippen molar-refractivity contribution in [2.75, 3.05) is 0 Å². The summed E-state index contributed by atoms with van der Waals surface area (Å²) in [5.41, 5.74) is 0.545. The number of nitrogens with zero attached hydrogens (tertiary/aromatic N) is 2. The van der Waals surface area contributed by atoms with Crippen LogP contribution in [-0.4, -0.2) is 14.5 Å². The molecular formula is C18H16N2O3. The van der Waals surface area contributed by atoms with Crippen LogP contribution in [-0.2, 0) is 6.54 Å². The van der Waals surface area contributed by atoms with Gasteiger partial charge in [0.25, 0.3) is 0 Å². The van der Waals surface area contributed by atoms with Gasteiger partial charge in [-0.1, -0.05) is 42.5 Å². The number of imidazole rings is 1. The lowest BCUT2D eigenvalue weighted by molar-refractivity contribution is 0.173. The highest BCUT2D eigenvalue weighted by Crippen LogP contribution is 2.21. The Morgan fingerprint density at radius 2 is 1.65 bits per heavy atom. The Hall–Kier alpha value is -3.21. The average Bonchev–Trinajstić information content (AvgIpc) is 2.90. The van der Waals surface area contributed by atoms with Gasteiger partial charge in [-0.05, 0) is 29.8 Å². The molecule has 1 heterocycles. The van der Waals surface area contributed by atoms with E-state index in [-0.39, 0.29) is 0 Å². The lowest BCUT2D eigenvalue weighted by Gasteiger charge is -2.05. The second kappa shape index (κ2) is 6.70.